The molecule has 0 radical (unpaired) electrons. The summed E-state index contributed by atoms with van der Waals surface area (Å²) in [6.07, 6.45) is 2.39. The maximum atomic E-state index is 12.1. The minimum atomic E-state index is -0.369. The molecule has 1 aromatic carbocycles. The molecule has 3 aromatic rings. The molecule has 4 N–H and O–H groups in total. The SMILES string of the molecule is O=C(Nc1ccccc1)Nc1cc(-c2cc3c([nH]2)CCNC3=O)ccn1. The highest BCUT2D eigenvalue weighted by Crippen LogP contribution is 2.25. The second-order valence-corrected chi connectivity index (χ2v) is 5.96. The molecule has 0 fully saturated rings. The molecule has 0 unspecified atom stereocenters. The molecule has 130 valence electrons. The van der Waals surface area contributed by atoms with E-state index >= 15 is 0 Å². The van der Waals surface area contributed by atoms with E-state index in [1.807, 2.05) is 30.3 Å². The summed E-state index contributed by atoms with van der Waals surface area (Å²) in [7, 11) is 0. The number of hydrogen-bond donors (Lipinski definition) is 4. The Morgan fingerprint density at radius 3 is 2.73 bits per heavy atom. The fraction of sp³-hybridized carbons (Fsp3) is 0.105. The third-order valence-electron chi connectivity index (χ3n) is 4.15. The lowest BCUT2D eigenvalue weighted by Crippen LogP contribution is -2.31. The summed E-state index contributed by atoms with van der Waals surface area (Å²) < 4.78 is 0. The van der Waals surface area contributed by atoms with Gasteiger partial charge in [0.15, 0.2) is 0 Å². The zero-order valence-electron chi connectivity index (χ0n) is 13.9. The second-order valence-electron chi connectivity index (χ2n) is 5.96. The van der Waals surface area contributed by atoms with Crippen LogP contribution in [0.4, 0.5) is 16.3 Å². The van der Waals surface area contributed by atoms with Crippen molar-refractivity contribution in [2.75, 3.05) is 17.2 Å². The van der Waals surface area contributed by atoms with Gasteiger partial charge >= 0.3 is 6.03 Å². The van der Waals surface area contributed by atoms with Gasteiger partial charge in [0, 0.05) is 41.8 Å². The molecular formula is C19H17N5O2. The molecule has 7 nitrogen and oxygen atoms in total. The number of pyridine rings is 1. The molecule has 3 heterocycles. The summed E-state index contributed by atoms with van der Waals surface area (Å²) in [6, 6.07) is 14.2. The Morgan fingerprint density at radius 1 is 1.08 bits per heavy atom. The molecule has 0 saturated carbocycles. The van der Waals surface area contributed by atoms with Gasteiger partial charge < -0.3 is 15.6 Å². The quantitative estimate of drug-likeness (QED) is 0.586. The first kappa shape index (κ1) is 15.9. The third kappa shape index (κ3) is 3.27. The number of amides is 3. The number of aromatic nitrogens is 2. The molecule has 0 saturated heterocycles. The van der Waals surface area contributed by atoms with Crippen molar-refractivity contribution in [2.45, 2.75) is 6.42 Å². The maximum Gasteiger partial charge on any atom is 0.324 e. The number of aromatic amines is 1. The van der Waals surface area contributed by atoms with Gasteiger partial charge in [-0.15, -0.1) is 0 Å². The van der Waals surface area contributed by atoms with Gasteiger partial charge in [-0.2, -0.15) is 0 Å². The molecule has 1 aliphatic heterocycles. The van der Waals surface area contributed by atoms with Gasteiger partial charge in [-0.3, -0.25) is 10.1 Å². The Bertz CT molecular complexity index is 965. The molecule has 2 aromatic heterocycles. The summed E-state index contributed by atoms with van der Waals surface area (Å²) >= 11 is 0. The van der Waals surface area contributed by atoms with Gasteiger partial charge in [0.1, 0.15) is 5.82 Å². The number of anilines is 2. The van der Waals surface area contributed by atoms with Crippen LogP contribution in [0, 0.1) is 0 Å². The van der Waals surface area contributed by atoms with Gasteiger partial charge in [-0.05, 0) is 30.3 Å². The number of hydrogen-bond acceptors (Lipinski definition) is 3. The first-order chi connectivity index (χ1) is 12.7. The van der Waals surface area contributed by atoms with Crippen LogP contribution in [-0.2, 0) is 6.42 Å². The van der Waals surface area contributed by atoms with Crippen LogP contribution in [0.15, 0.2) is 54.7 Å². The Labute approximate surface area is 149 Å². The van der Waals surface area contributed by atoms with Crippen LogP contribution < -0.4 is 16.0 Å². The van der Waals surface area contributed by atoms with Crippen LogP contribution in [0.1, 0.15) is 16.1 Å². The standard InChI is InChI=1S/C19H17N5O2/c25-18-14-11-16(23-15(14)7-9-21-18)12-6-8-20-17(10-12)24-19(26)22-13-4-2-1-3-5-13/h1-6,8,10-11,23H,7,9H2,(H,21,25)(H2,20,22,24,26). The molecule has 0 atom stereocenters. The van der Waals surface area contributed by atoms with Crippen molar-refractivity contribution in [1.82, 2.24) is 15.3 Å². The molecular weight excluding hydrogens is 330 g/mol. The smallest absolute Gasteiger partial charge is 0.324 e. The lowest BCUT2D eigenvalue weighted by atomic mass is 10.1. The molecule has 4 rings (SSSR count). The van der Waals surface area contributed by atoms with E-state index in [0.29, 0.717) is 23.6 Å². The van der Waals surface area contributed by atoms with Crippen LogP contribution in [0.25, 0.3) is 11.3 Å². The van der Waals surface area contributed by atoms with E-state index < -0.39 is 0 Å². The average molecular weight is 347 g/mol. The number of nitrogens with zero attached hydrogens (tertiary/aromatic N) is 1. The van der Waals surface area contributed by atoms with Crippen LogP contribution in [0.5, 0.6) is 0 Å². The minimum Gasteiger partial charge on any atom is -0.358 e. The van der Waals surface area contributed by atoms with E-state index in [-0.39, 0.29) is 11.9 Å². The lowest BCUT2D eigenvalue weighted by molar-refractivity contribution is 0.0946. The van der Waals surface area contributed by atoms with Gasteiger partial charge in [0.25, 0.3) is 5.91 Å². The molecule has 0 bridgehead atoms. The number of urea groups is 1. The fourth-order valence-electron chi connectivity index (χ4n) is 2.92. The fourth-order valence-corrected chi connectivity index (χ4v) is 2.92. The summed E-state index contributed by atoms with van der Waals surface area (Å²) in [5.74, 6) is 0.358. The largest absolute Gasteiger partial charge is 0.358 e. The van der Waals surface area contributed by atoms with E-state index in [4.69, 9.17) is 0 Å². The Balaban J connectivity index is 1.52. The van der Waals surface area contributed by atoms with Gasteiger partial charge in [-0.1, -0.05) is 18.2 Å². The Kier molecular flexibility index (Phi) is 4.10. The van der Waals surface area contributed by atoms with Gasteiger partial charge in [0.05, 0.1) is 5.56 Å². The van der Waals surface area contributed by atoms with Crippen LogP contribution >= 0.6 is 0 Å². The number of benzene rings is 1. The Hall–Kier alpha value is -3.61. The first-order valence-corrected chi connectivity index (χ1v) is 8.28. The summed E-state index contributed by atoms with van der Waals surface area (Å²) in [4.78, 5) is 31.5. The molecule has 0 spiro atoms. The van der Waals surface area contributed by atoms with Crippen molar-refractivity contribution in [3.63, 3.8) is 0 Å². The summed E-state index contributed by atoms with van der Waals surface area (Å²) in [6.45, 7) is 0.634. The molecule has 26 heavy (non-hydrogen) atoms. The predicted octanol–water partition coefficient (Wildman–Crippen LogP) is 3.01. The van der Waals surface area contributed by atoms with Crippen molar-refractivity contribution in [1.29, 1.82) is 0 Å². The summed E-state index contributed by atoms with van der Waals surface area (Å²) in [5, 5.41) is 8.29. The Morgan fingerprint density at radius 2 is 1.92 bits per heavy atom. The van der Waals surface area contributed by atoms with E-state index in [1.54, 1.807) is 24.4 Å². The van der Waals surface area contributed by atoms with E-state index in [1.165, 1.54) is 0 Å². The van der Waals surface area contributed by atoms with Gasteiger partial charge in [0.2, 0.25) is 0 Å². The van der Waals surface area contributed by atoms with Crippen LogP contribution in [0.3, 0.4) is 0 Å². The number of rotatable bonds is 3. The van der Waals surface area contributed by atoms with Crippen molar-refractivity contribution in [3.05, 3.63) is 66.0 Å². The number of carbonyl (C=O) groups excluding carboxylic acids is 2. The average Bonchev–Trinajstić information content (AvgIpc) is 3.08. The van der Waals surface area contributed by atoms with Gasteiger partial charge in [-0.25, -0.2) is 9.78 Å². The zero-order chi connectivity index (χ0) is 17.9. The second kappa shape index (κ2) is 6.72. The van der Waals surface area contributed by atoms with E-state index in [0.717, 1.165) is 23.4 Å². The number of nitrogens with one attached hydrogen (secondary N) is 4. The third-order valence-corrected chi connectivity index (χ3v) is 4.15. The monoisotopic (exact) mass is 347 g/mol. The van der Waals surface area contributed by atoms with Crippen molar-refractivity contribution in [2.24, 2.45) is 0 Å². The van der Waals surface area contributed by atoms with Crippen LogP contribution in [0.2, 0.25) is 0 Å². The first-order valence-electron chi connectivity index (χ1n) is 8.28. The topological polar surface area (TPSA) is 98.9 Å². The van der Waals surface area contributed by atoms with E-state index in [9.17, 15) is 9.59 Å². The number of carbonyl (C=O) groups is 2. The highest BCUT2D eigenvalue weighted by Gasteiger charge is 2.20. The van der Waals surface area contributed by atoms with Crippen molar-refractivity contribution >= 4 is 23.4 Å². The number of para-hydroxylation sites is 1. The molecule has 7 heteroatoms. The molecule has 1 aliphatic rings. The number of H-pyrrole nitrogens is 1. The zero-order valence-corrected chi connectivity index (χ0v) is 13.9. The highest BCUT2D eigenvalue weighted by atomic mass is 16.2. The normalized spacial score (nSPS) is 12.8. The maximum absolute atomic E-state index is 12.1. The predicted molar refractivity (Wildman–Crippen MR) is 99.1 cm³/mol. The highest BCUT2D eigenvalue weighted by molar-refractivity contribution is 6.00. The lowest BCUT2D eigenvalue weighted by Gasteiger charge is -2.11. The molecule has 3 amide bonds. The van der Waals surface area contributed by atoms with Crippen molar-refractivity contribution in [3.8, 4) is 11.3 Å². The summed E-state index contributed by atoms with van der Waals surface area (Å²) in [5.41, 5.74) is 3.96. The van der Waals surface area contributed by atoms with Crippen LogP contribution in [-0.4, -0.2) is 28.5 Å². The number of fused-ring (bicyclic) bond motifs is 1. The van der Waals surface area contributed by atoms with E-state index in [2.05, 4.69) is 25.9 Å². The van der Waals surface area contributed by atoms with Crippen molar-refractivity contribution < 1.29 is 9.59 Å². The molecule has 0 aliphatic carbocycles. The minimum absolute atomic E-state index is 0.0663.